The van der Waals surface area contributed by atoms with Crippen LogP contribution in [0.5, 0.6) is 5.75 Å². The number of aryl methyl sites for hydroxylation is 2. The Hall–Kier alpha value is -5.77. The number of anilines is 2. The molecule has 10 heteroatoms. The molecular weight excluding hydrogens is 626 g/mol. The van der Waals surface area contributed by atoms with Crippen molar-refractivity contribution in [3.05, 3.63) is 131 Å². The summed E-state index contributed by atoms with van der Waals surface area (Å²) in [5.74, 6) is 0.982. The van der Waals surface area contributed by atoms with Crippen LogP contribution in [-0.4, -0.2) is 37.0 Å². The van der Waals surface area contributed by atoms with Gasteiger partial charge >= 0.3 is 6.03 Å². The molecule has 0 aliphatic heterocycles. The lowest BCUT2D eigenvalue weighted by molar-refractivity contribution is 0.262. The van der Waals surface area contributed by atoms with Crippen LogP contribution in [0.4, 0.5) is 16.2 Å². The molecule has 0 spiro atoms. The van der Waals surface area contributed by atoms with Crippen LogP contribution in [0.2, 0.25) is 0 Å². The Balaban J connectivity index is 1.41. The van der Waals surface area contributed by atoms with Gasteiger partial charge in [-0.15, -0.1) is 0 Å². The maximum absolute atomic E-state index is 14.6. The van der Waals surface area contributed by atoms with Crippen LogP contribution in [0.25, 0.3) is 22.2 Å². The number of fused-ring (bicyclic) bond motifs is 1. The summed E-state index contributed by atoms with van der Waals surface area (Å²) in [5.41, 5.74) is 5.72. The molecule has 0 bridgehead atoms. The smallest absolute Gasteiger partial charge is 0.323 e. The van der Waals surface area contributed by atoms with Gasteiger partial charge in [-0.1, -0.05) is 88.4 Å². The fourth-order valence-electron chi connectivity index (χ4n) is 6.29. The Kier molecular flexibility index (Phi) is 10.7. The van der Waals surface area contributed by atoms with Gasteiger partial charge in [0.15, 0.2) is 0 Å². The molecule has 3 heterocycles. The Labute approximate surface area is 292 Å². The summed E-state index contributed by atoms with van der Waals surface area (Å²) in [6.07, 6.45) is 6.33. The lowest BCUT2D eigenvalue weighted by atomic mass is 9.93. The number of aromatic nitrogens is 5. The van der Waals surface area contributed by atoms with Crippen molar-refractivity contribution in [3.8, 4) is 16.9 Å². The summed E-state index contributed by atoms with van der Waals surface area (Å²) < 4.78 is 9.46. The maximum atomic E-state index is 14.6. The zero-order valence-electron chi connectivity index (χ0n) is 29.0. The third kappa shape index (κ3) is 7.75. The predicted octanol–water partition coefficient (Wildman–Crippen LogP) is 8.26. The molecule has 6 aromatic rings. The van der Waals surface area contributed by atoms with Gasteiger partial charge in [-0.25, -0.2) is 19.4 Å². The average molecular weight is 670 g/mol. The topological polar surface area (TPSA) is 116 Å². The highest BCUT2D eigenvalue weighted by atomic mass is 16.5. The number of pyridine rings is 2. The summed E-state index contributed by atoms with van der Waals surface area (Å²) in [6.45, 7) is 9.74. The summed E-state index contributed by atoms with van der Waals surface area (Å²) in [4.78, 5) is 37.3. The number of ether oxygens (including phenoxy) is 1. The van der Waals surface area contributed by atoms with E-state index in [-0.39, 0.29) is 23.1 Å². The van der Waals surface area contributed by atoms with Crippen molar-refractivity contribution in [1.29, 1.82) is 0 Å². The molecule has 3 aromatic carbocycles. The summed E-state index contributed by atoms with van der Waals surface area (Å²) in [7, 11) is 0. The first-order chi connectivity index (χ1) is 24.3. The Bertz CT molecular complexity index is 2100. The number of urea groups is 1. The minimum atomic E-state index is -0.488. The molecule has 3 aromatic heterocycles. The highest BCUT2D eigenvalue weighted by Crippen LogP contribution is 2.36. The monoisotopic (exact) mass is 669 g/mol. The molecule has 0 fully saturated rings. The fraction of sp³-hybridized carbons (Fsp3) is 0.275. The molecule has 2 N–H and O–H groups in total. The first-order valence-corrected chi connectivity index (χ1v) is 17.1. The largest absolute Gasteiger partial charge is 0.492 e. The van der Waals surface area contributed by atoms with Gasteiger partial charge in [-0.3, -0.25) is 9.36 Å². The first-order valence-electron chi connectivity index (χ1n) is 17.1. The quantitative estimate of drug-likeness (QED) is 0.128. The summed E-state index contributed by atoms with van der Waals surface area (Å²) in [5, 5.41) is 11.0. The van der Waals surface area contributed by atoms with E-state index < -0.39 is 6.03 Å². The Morgan fingerprint density at radius 2 is 1.58 bits per heavy atom. The molecule has 50 heavy (non-hydrogen) atoms. The number of benzene rings is 3. The highest BCUT2D eigenvalue weighted by molar-refractivity contribution is 6.07. The molecule has 0 saturated heterocycles. The van der Waals surface area contributed by atoms with Crippen LogP contribution in [0.1, 0.15) is 62.6 Å². The van der Waals surface area contributed by atoms with Gasteiger partial charge in [0.05, 0.1) is 6.54 Å². The van der Waals surface area contributed by atoms with Gasteiger partial charge in [0.2, 0.25) is 0 Å². The molecule has 0 atom stereocenters. The molecule has 6 rings (SSSR count). The number of carbonyl (C=O) groups excluding carboxylic acids is 1. The zero-order chi connectivity index (χ0) is 35.0. The number of carbonyl (C=O) groups is 1. The van der Waals surface area contributed by atoms with Gasteiger partial charge in [0.1, 0.15) is 36.3 Å². The van der Waals surface area contributed by atoms with Crippen molar-refractivity contribution >= 4 is 28.4 Å². The van der Waals surface area contributed by atoms with Crippen LogP contribution < -0.4 is 20.9 Å². The second-order valence-electron chi connectivity index (χ2n) is 12.9. The number of para-hydroxylation sites is 1. The van der Waals surface area contributed by atoms with E-state index in [9.17, 15) is 9.59 Å². The zero-order valence-corrected chi connectivity index (χ0v) is 29.0. The first kappa shape index (κ1) is 34.1. The minimum absolute atomic E-state index is 0.176. The van der Waals surface area contributed by atoms with Crippen LogP contribution >= 0.6 is 0 Å². The molecular formula is C40H43N7O3. The van der Waals surface area contributed by atoms with E-state index in [2.05, 4.69) is 60.5 Å². The standard InChI is InChI=1S/C40H43N7O3/c1-27(2)32-17-9-18-33(28(3)4)36(32)44-40(49)45-37-35(30-15-8-16-31(24-30)50-23-22-46-26-41-25-43-46)34-19-10-20-42-38(34)47(39(37)48)21-11-14-29-12-6-5-7-13-29/h5-10,12-13,15-20,24-28H,11,14,21-23H2,1-4H3,(H2,44,45,49). The number of rotatable bonds is 13. The normalized spacial score (nSPS) is 11.3. The third-order valence-electron chi connectivity index (χ3n) is 8.74. The number of nitrogens with one attached hydrogen (secondary N) is 2. The predicted molar refractivity (Wildman–Crippen MR) is 199 cm³/mol. The highest BCUT2D eigenvalue weighted by Gasteiger charge is 2.23. The molecule has 10 nitrogen and oxygen atoms in total. The van der Waals surface area contributed by atoms with Crippen LogP contribution in [-0.2, 0) is 19.5 Å². The third-order valence-corrected chi connectivity index (χ3v) is 8.74. The van der Waals surface area contributed by atoms with E-state index in [4.69, 9.17) is 9.72 Å². The van der Waals surface area contributed by atoms with Crippen molar-refractivity contribution < 1.29 is 9.53 Å². The lowest BCUT2D eigenvalue weighted by Crippen LogP contribution is -2.30. The van der Waals surface area contributed by atoms with Crippen LogP contribution in [0, 0.1) is 0 Å². The number of hydrogen-bond acceptors (Lipinski definition) is 6. The van der Waals surface area contributed by atoms with E-state index in [1.165, 1.54) is 11.9 Å². The van der Waals surface area contributed by atoms with Crippen molar-refractivity contribution in [2.24, 2.45) is 0 Å². The number of amides is 2. The van der Waals surface area contributed by atoms with Crippen molar-refractivity contribution in [2.45, 2.75) is 65.5 Å². The van der Waals surface area contributed by atoms with E-state index in [1.807, 2.05) is 72.8 Å². The van der Waals surface area contributed by atoms with E-state index in [0.29, 0.717) is 36.7 Å². The van der Waals surface area contributed by atoms with Crippen LogP contribution in [0.15, 0.2) is 109 Å². The second-order valence-corrected chi connectivity index (χ2v) is 12.9. The number of hydrogen-bond donors (Lipinski definition) is 2. The second kappa shape index (κ2) is 15.6. The van der Waals surface area contributed by atoms with Crippen molar-refractivity contribution in [3.63, 3.8) is 0 Å². The average Bonchev–Trinajstić information content (AvgIpc) is 3.64. The minimum Gasteiger partial charge on any atom is -0.492 e. The molecule has 0 aliphatic rings. The van der Waals surface area contributed by atoms with E-state index in [1.54, 1.807) is 21.8 Å². The molecule has 256 valence electrons. The molecule has 0 unspecified atom stereocenters. The van der Waals surface area contributed by atoms with E-state index in [0.717, 1.165) is 40.6 Å². The van der Waals surface area contributed by atoms with Gasteiger partial charge in [-0.05, 0) is 71.2 Å². The summed E-state index contributed by atoms with van der Waals surface area (Å²) >= 11 is 0. The van der Waals surface area contributed by atoms with E-state index >= 15 is 0 Å². The fourth-order valence-corrected chi connectivity index (χ4v) is 6.29. The maximum Gasteiger partial charge on any atom is 0.323 e. The lowest BCUT2D eigenvalue weighted by Gasteiger charge is -2.22. The van der Waals surface area contributed by atoms with Gasteiger partial charge in [0, 0.05) is 29.4 Å². The van der Waals surface area contributed by atoms with Gasteiger partial charge in [-0.2, -0.15) is 5.10 Å². The SMILES string of the molecule is CC(C)c1cccc(C(C)C)c1NC(=O)Nc1c(-c2cccc(OCCn3cncn3)c2)c2cccnc2n(CCCc2ccccc2)c1=O. The van der Waals surface area contributed by atoms with Gasteiger partial charge < -0.3 is 15.4 Å². The summed E-state index contributed by atoms with van der Waals surface area (Å²) in [6, 6.07) is 27.1. The molecule has 2 amide bonds. The van der Waals surface area contributed by atoms with Crippen molar-refractivity contribution in [1.82, 2.24) is 24.3 Å². The molecule has 0 aliphatic carbocycles. The van der Waals surface area contributed by atoms with Gasteiger partial charge in [0.25, 0.3) is 5.56 Å². The van der Waals surface area contributed by atoms with Crippen molar-refractivity contribution in [2.75, 3.05) is 17.2 Å². The number of nitrogens with zero attached hydrogens (tertiary/aromatic N) is 5. The molecule has 0 saturated carbocycles. The Morgan fingerprint density at radius 3 is 2.30 bits per heavy atom. The van der Waals surface area contributed by atoms with Crippen LogP contribution in [0.3, 0.4) is 0 Å². The Morgan fingerprint density at radius 1 is 0.840 bits per heavy atom. The molecule has 0 radical (unpaired) electrons.